The molecule has 0 bridgehead atoms. The molecular formula is C17H20N2O6. The lowest BCUT2D eigenvalue weighted by atomic mass is 9.91. The van der Waals surface area contributed by atoms with Crippen molar-refractivity contribution >= 4 is 5.82 Å². The zero-order chi connectivity index (χ0) is 18.0. The number of nitrogen functional groups attached to an aromatic ring is 1. The molecule has 2 aromatic rings. The predicted octanol–water partition coefficient (Wildman–Crippen LogP) is -0.0290. The Hall–Kier alpha value is -2.23. The van der Waals surface area contributed by atoms with Gasteiger partial charge < -0.3 is 35.6 Å². The second-order valence-electron chi connectivity index (χ2n) is 5.84. The van der Waals surface area contributed by atoms with Gasteiger partial charge in [0.05, 0.1) is 12.8 Å². The minimum Gasteiger partial charge on any atom is -0.456 e. The zero-order valence-electron chi connectivity index (χ0n) is 13.3. The van der Waals surface area contributed by atoms with Crippen molar-refractivity contribution in [2.24, 2.45) is 0 Å². The number of pyridine rings is 1. The van der Waals surface area contributed by atoms with E-state index in [1.807, 2.05) is 0 Å². The molecule has 134 valence electrons. The summed E-state index contributed by atoms with van der Waals surface area (Å²) < 4.78 is 11.2. The molecule has 1 aromatic heterocycles. The van der Waals surface area contributed by atoms with Gasteiger partial charge in [0.2, 0.25) is 0 Å². The second-order valence-corrected chi connectivity index (χ2v) is 5.84. The van der Waals surface area contributed by atoms with E-state index in [4.69, 9.17) is 15.2 Å². The fraction of sp³-hybridized carbons (Fsp3) is 0.353. The van der Waals surface area contributed by atoms with Crippen molar-refractivity contribution in [1.29, 1.82) is 0 Å². The summed E-state index contributed by atoms with van der Waals surface area (Å²) in [4.78, 5) is 3.94. The molecule has 0 amide bonds. The van der Waals surface area contributed by atoms with E-state index in [9.17, 15) is 20.4 Å². The van der Waals surface area contributed by atoms with Crippen LogP contribution in [-0.4, -0.2) is 56.4 Å². The van der Waals surface area contributed by atoms with Crippen LogP contribution in [0.2, 0.25) is 0 Å². The highest BCUT2D eigenvalue weighted by Crippen LogP contribution is 2.34. The van der Waals surface area contributed by atoms with Crippen molar-refractivity contribution in [3.8, 4) is 11.5 Å². The maximum Gasteiger partial charge on any atom is 0.145 e. The van der Waals surface area contributed by atoms with E-state index >= 15 is 0 Å². The van der Waals surface area contributed by atoms with Gasteiger partial charge in [-0.1, -0.05) is 12.1 Å². The van der Waals surface area contributed by atoms with Crippen molar-refractivity contribution in [1.82, 2.24) is 4.98 Å². The van der Waals surface area contributed by atoms with Crippen molar-refractivity contribution in [3.63, 3.8) is 0 Å². The second kappa shape index (κ2) is 7.34. The van der Waals surface area contributed by atoms with Gasteiger partial charge in [-0.25, -0.2) is 4.98 Å². The molecule has 0 radical (unpaired) electrons. The largest absolute Gasteiger partial charge is 0.456 e. The van der Waals surface area contributed by atoms with Crippen molar-refractivity contribution in [3.05, 3.63) is 48.2 Å². The molecule has 3 rings (SSSR count). The average molecular weight is 348 g/mol. The number of rotatable bonds is 4. The van der Waals surface area contributed by atoms with Gasteiger partial charge in [0.15, 0.2) is 0 Å². The highest BCUT2D eigenvalue weighted by Gasteiger charge is 2.43. The number of hydrogen-bond acceptors (Lipinski definition) is 8. The summed E-state index contributed by atoms with van der Waals surface area (Å²) in [5.41, 5.74) is 6.07. The average Bonchev–Trinajstić information content (AvgIpc) is 2.62. The fourth-order valence-corrected chi connectivity index (χ4v) is 2.72. The topological polar surface area (TPSA) is 138 Å². The fourth-order valence-electron chi connectivity index (χ4n) is 2.72. The third-order valence-electron chi connectivity index (χ3n) is 4.07. The van der Waals surface area contributed by atoms with Gasteiger partial charge in [-0.3, -0.25) is 0 Å². The summed E-state index contributed by atoms with van der Waals surface area (Å²) in [7, 11) is 0. The Balaban J connectivity index is 1.81. The smallest absolute Gasteiger partial charge is 0.145 e. The van der Waals surface area contributed by atoms with Crippen LogP contribution in [0.1, 0.15) is 11.7 Å². The molecule has 0 aliphatic carbocycles. The Morgan fingerprint density at radius 1 is 1.04 bits per heavy atom. The molecule has 8 heteroatoms. The number of nitrogens with two attached hydrogens (primary N) is 1. The molecule has 5 atom stereocenters. The maximum atomic E-state index is 10.2. The summed E-state index contributed by atoms with van der Waals surface area (Å²) in [5.74, 6) is 1.34. The van der Waals surface area contributed by atoms with E-state index in [0.29, 0.717) is 22.9 Å². The van der Waals surface area contributed by atoms with Crippen LogP contribution in [0.15, 0.2) is 42.6 Å². The number of hydrogen-bond donors (Lipinski definition) is 5. The van der Waals surface area contributed by atoms with Gasteiger partial charge >= 0.3 is 0 Å². The van der Waals surface area contributed by atoms with Gasteiger partial charge in [0.25, 0.3) is 0 Å². The Morgan fingerprint density at radius 2 is 1.84 bits per heavy atom. The van der Waals surface area contributed by atoms with Crippen molar-refractivity contribution in [2.75, 3.05) is 12.3 Å². The standard InChI is InChI=1S/C17H20N2O6/c18-13-5-4-11(7-19-13)24-10-3-1-2-9(6-10)17-16(23)15(22)14(21)12(8-20)25-17/h1-7,12,14-17,20-23H,8H2,(H2,18,19)/t12?,14-,15?,16?,17-/m1/s1. The summed E-state index contributed by atoms with van der Waals surface area (Å²) in [6, 6.07) is 10.0. The molecule has 1 fully saturated rings. The molecule has 1 saturated heterocycles. The SMILES string of the molecule is Nc1ccc(Oc2cccc([C@H]3OC(CO)[C@@H](O)C(O)C3O)c2)cn1. The number of anilines is 1. The van der Waals surface area contributed by atoms with Gasteiger partial charge in [-0.05, 0) is 29.8 Å². The van der Waals surface area contributed by atoms with Crippen LogP contribution in [-0.2, 0) is 4.74 Å². The van der Waals surface area contributed by atoms with Crippen molar-refractivity contribution in [2.45, 2.75) is 30.5 Å². The molecule has 0 saturated carbocycles. The lowest BCUT2D eigenvalue weighted by Gasteiger charge is -2.40. The Bertz CT molecular complexity index is 709. The number of nitrogens with zero attached hydrogens (tertiary/aromatic N) is 1. The molecule has 1 aliphatic rings. The maximum absolute atomic E-state index is 10.2. The summed E-state index contributed by atoms with van der Waals surface area (Å²) in [5, 5.41) is 39.3. The number of aliphatic hydroxyl groups is 4. The van der Waals surface area contributed by atoms with Crippen LogP contribution in [0.5, 0.6) is 11.5 Å². The molecule has 8 nitrogen and oxygen atoms in total. The van der Waals surface area contributed by atoms with E-state index in [1.54, 1.807) is 36.4 Å². The van der Waals surface area contributed by atoms with Crippen LogP contribution < -0.4 is 10.5 Å². The highest BCUT2D eigenvalue weighted by molar-refractivity contribution is 5.37. The lowest BCUT2D eigenvalue weighted by molar-refractivity contribution is -0.231. The molecule has 6 N–H and O–H groups in total. The normalized spacial score (nSPS) is 29.4. The van der Waals surface area contributed by atoms with Gasteiger partial charge in [-0.2, -0.15) is 0 Å². The molecular weight excluding hydrogens is 328 g/mol. The van der Waals surface area contributed by atoms with E-state index in [2.05, 4.69) is 4.98 Å². The van der Waals surface area contributed by atoms with E-state index in [1.165, 1.54) is 6.20 Å². The van der Waals surface area contributed by atoms with Crippen LogP contribution in [0.3, 0.4) is 0 Å². The first kappa shape index (κ1) is 17.6. The van der Waals surface area contributed by atoms with Crippen LogP contribution in [0.4, 0.5) is 5.82 Å². The van der Waals surface area contributed by atoms with E-state index in [0.717, 1.165) is 0 Å². The third-order valence-corrected chi connectivity index (χ3v) is 4.07. The quantitative estimate of drug-likeness (QED) is 0.519. The van der Waals surface area contributed by atoms with Gasteiger partial charge in [0, 0.05) is 0 Å². The number of aromatic nitrogens is 1. The molecule has 2 heterocycles. The van der Waals surface area contributed by atoms with Crippen LogP contribution in [0, 0.1) is 0 Å². The Labute approximate surface area is 144 Å². The van der Waals surface area contributed by atoms with E-state index < -0.39 is 37.1 Å². The summed E-state index contributed by atoms with van der Waals surface area (Å²) >= 11 is 0. The van der Waals surface area contributed by atoms with Crippen LogP contribution in [0.25, 0.3) is 0 Å². The minimum atomic E-state index is -1.43. The first-order valence-corrected chi connectivity index (χ1v) is 7.79. The van der Waals surface area contributed by atoms with Crippen molar-refractivity contribution < 1.29 is 29.9 Å². The zero-order valence-corrected chi connectivity index (χ0v) is 13.3. The molecule has 1 aliphatic heterocycles. The third kappa shape index (κ3) is 3.73. The minimum absolute atomic E-state index is 0.377. The lowest BCUT2D eigenvalue weighted by Crippen LogP contribution is -2.55. The molecule has 0 spiro atoms. The first-order valence-electron chi connectivity index (χ1n) is 7.79. The molecule has 25 heavy (non-hydrogen) atoms. The number of benzene rings is 1. The summed E-state index contributed by atoms with van der Waals surface area (Å²) in [6.45, 7) is -0.477. The van der Waals surface area contributed by atoms with E-state index in [-0.39, 0.29) is 0 Å². The highest BCUT2D eigenvalue weighted by atomic mass is 16.5. The molecule has 3 unspecified atom stereocenters. The summed E-state index contributed by atoms with van der Waals surface area (Å²) in [6.07, 6.45) is -4.56. The predicted molar refractivity (Wildman–Crippen MR) is 87.9 cm³/mol. The molecule has 1 aromatic carbocycles. The number of aliphatic hydroxyl groups excluding tert-OH is 4. The van der Waals surface area contributed by atoms with Gasteiger partial charge in [0.1, 0.15) is 47.8 Å². The Morgan fingerprint density at radius 3 is 2.52 bits per heavy atom. The Kier molecular flexibility index (Phi) is 5.16. The monoisotopic (exact) mass is 348 g/mol. The number of ether oxygens (including phenoxy) is 2. The first-order chi connectivity index (χ1) is 12.0. The van der Waals surface area contributed by atoms with Crippen LogP contribution >= 0.6 is 0 Å². The van der Waals surface area contributed by atoms with Gasteiger partial charge in [-0.15, -0.1) is 0 Å².